The lowest BCUT2D eigenvalue weighted by molar-refractivity contribution is -0.242. The van der Waals surface area contributed by atoms with Crippen molar-refractivity contribution in [2.45, 2.75) is 18.4 Å². The molecule has 1 aliphatic heterocycles. The number of ether oxygens (including phenoxy) is 1. The van der Waals surface area contributed by atoms with Crippen LogP contribution < -0.4 is 5.32 Å². The van der Waals surface area contributed by atoms with Gasteiger partial charge in [-0.3, -0.25) is 0 Å². The summed E-state index contributed by atoms with van der Waals surface area (Å²) in [5.41, 5.74) is 0. The number of rotatable bonds is 1. The Hall–Kier alpha value is -0.330. The van der Waals surface area contributed by atoms with Crippen LogP contribution in [-0.2, 0) is 4.74 Å². The van der Waals surface area contributed by atoms with E-state index in [0.717, 1.165) is 0 Å². The summed E-state index contributed by atoms with van der Waals surface area (Å²) in [6.07, 6.45) is -6.88. The van der Waals surface area contributed by atoms with Crippen LogP contribution in [0.2, 0.25) is 0 Å². The highest BCUT2D eigenvalue weighted by Gasteiger charge is 2.43. The van der Waals surface area contributed by atoms with Crippen molar-refractivity contribution in [1.29, 1.82) is 0 Å². The number of hydrogen-bond donors (Lipinski definition) is 2. The Morgan fingerprint density at radius 2 is 2.08 bits per heavy atom. The fraction of sp³-hybridized carbons (Fsp3) is 1.00. The number of hydrogen-bond acceptors (Lipinski definition) is 3. The van der Waals surface area contributed by atoms with Crippen molar-refractivity contribution in [1.82, 2.24) is 5.32 Å². The number of alkyl halides is 3. The van der Waals surface area contributed by atoms with Crippen LogP contribution in [-0.4, -0.2) is 43.2 Å². The van der Waals surface area contributed by atoms with Gasteiger partial charge in [-0.05, 0) is 0 Å². The van der Waals surface area contributed by atoms with Crippen LogP contribution in [0.15, 0.2) is 0 Å². The second-order valence-corrected chi connectivity index (χ2v) is 2.63. The van der Waals surface area contributed by atoms with Crippen molar-refractivity contribution in [2.75, 3.05) is 19.7 Å². The molecule has 1 heterocycles. The molecule has 0 bridgehead atoms. The third kappa shape index (κ3) is 2.33. The summed E-state index contributed by atoms with van der Waals surface area (Å²) in [4.78, 5) is 0. The normalized spacial score (nSPS) is 32.0. The van der Waals surface area contributed by atoms with Gasteiger partial charge in [-0.1, -0.05) is 0 Å². The first-order chi connectivity index (χ1) is 5.54. The predicted molar refractivity (Wildman–Crippen MR) is 34.7 cm³/mol. The van der Waals surface area contributed by atoms with Gasteiger partial charge in [-0.15, -0.1) is 0 Å². The monoisotopic (exact) mass is 185 g/mol. The van der Waals surface area contributed by atoms with Gasteiger partial charge in [0.1, 0.15) is 0 Å². The van der Waals surface area contributed by atoms with Crippen molar-refractivity contribution in [3.05, 3.63) is 0 Å². The zero-order chi connectivity index (χ0) is 9.19. The molecule has 0 amide bonds. The molecule has 0 radical (unpaired) electrons. The molecule has 1 rings (SSSR count). The molecular formula is C6H10F3NO2. The van der Waals surface area contributed by atoms with E-state index in [4.69, 9.17) is 5.11 Å². The van der Waals surface area contributed by atoms with Crippen molar-refractivity contribution >= 4 is 0 Å². The fourth-order valence-corrected chi connectivity index (χ4v) is 1.00. The lowest BCUT2D eigenvalue weighted by Crippen LogP contribution is -2.52. The maximum atomic E-state index is 12.0. The van der Waals surface area contributed by atoms with Crippen molar-refractivity contribution in [2.24, 2.45) is 0 Å². The first-order valence-electron chi connectivity index (χ1n) is 3.58. The SMILES string of the molecule is OCC1CNC[C@H](C(F)(F)F)O1. The Bertz CT molecular complexity index is 150. The van der Waals surface area contributed by atoms with E-state index in [1.807, 2.05) is 0 Å². The maximum absolute atomic E-state index is 12.0. The van der Waals surface area contributed by atoms with Crippen LogP contribution in [0.4, 0.5) is 13.2 Å². The van der Waals surface area contributed by atoms with Gasteiger partial charge < -0.3 is 15.2 Å². The lowest BCUT2D eigenvalue weighted by Gasteiger charge is -2.30. The highest BCUT2D eigenvalue weighted by Crippen LogP contribution is 2.24. The standard InChI is InChI=1S/C6H10F3NO2/c7-6(8,9)5-2-10-1-4(3-11)12-5/h4-5,10-11H,1-3H2/t4?,5-/m1/s1. The van der Waals surface area contributed by atoms with Crippen molar-refractivity contribution in [3.63, 3.8) is 0 Å². The summed E-state index contributed by atoms with van der Waals surface area (Å²) in [6, 6.07) is 0. The summed E-state index contributed by atoms with van der Waals surface area (Å²) in [7, 11) is 0. The molecule has 1 aliphatic rings. The van der Waals surface area contributed by atoms with E-state index in [-0.39, 0.29) is 19.7 Å². The Morgan fingerprint density at radius 1 is 1.42 bits per heavy atom. The predicted octanol–water partition coefficient (Wildman–Crippen LogP) is -0.102. The van der Waals surface area contributed by atoms with Crippen LogP contribution >= 0.6 is 0 Å². The molecule has 0 aromatic rings. The molecule has 1 unspecified atom stereocenters. The van der Waals surface area contributed by atoms with Gasteiger partial charge in [0.05, 0.1) is 12.7 Å². The van der Waals surface area contributed by atoms with Gasteiger partial charge >= 0.3 is 6.18 Å². The van der Waals surface area contributed by atoms with E-state index in [0.29, 0.717) is 0 Å². The molecule has 3 nitrogen and oxygen atoms in total. The average molecular weight is 185 g/mol. The Morgan fingerprint density at radius 3 is 2.58 bits per heavy atom. The van der Waals surface area contributed by atoms with Crippen molar-refractivity contribution < 1.29 is 23.0 Å². The molecule has 0 saturated carbocycles. The molecule has 0 spiro atoms. The van der Waals surface area contributed by atoms with Gasteiger partial charge in [-0.25, -0.2) is 0 Å². The van der Waals surface area contributed by atoms with Gasteiger partial charge in [0, 0.05) is 13.1 Å². The number of aliphatic hydroxyl groups is 1. The molecule has 0 aromatic heterocycles. The Labute approximate surface area is 67.5 Å². The topological polar surface area (TPSA) is 41.5 Å². The molecule has 2 N–H and O–H groups in total. The van der Waals surface area contributed by atoms with E-state index in [1.54, 1.807) is 0 Å². The first-order valence-corrected chi connectivity index (χ1v) is 3.58. The van der Waals surface area contributed by atoms with E-state index >= 15 is 0 Å². The van der Waals surface area contributed by atoms with Gasteiger partial charge in [-0.2, -0.15) is 13.2 Å². The molecule has 0 aromatic carbocycles. The van der Waals surface area contributed by atoms with E-state index in [1.165, 1.54) is 0 Å². The van der Waals surface area contributed by atoms with Crippen LogP contribution in [0.1, 0.15) is 0 Å². The van der Waals surface area contributed by atoms with E-state index in [2.05, 4.69) is 10.1 Å². The summed E-state index contributed by atoms with van der Waals surface area (Å²) in [5.74, 6) is 0. The zero-order valence-corrected chi connectivity index (χ0v) is 6.27. The molecular weight excluding hydrogens is 175 g/mol. The van der Waals surface area contributed by atoms with Gasteiger partial charge in [0.15, 0.2) is 6.10 Å². The maximum Gasteiger partial charge on any atom is 0.415 e. The highest BCUT2D eigenvalue weighted by atomic mass is 19.4. The highest BCUT2D eigenvalue weighted by molar-refractivity contribution is 4.78. The summed E-state index contributed by atoms with van der Waals surface area (Å²) in [6.45, 7) is -0.358. The fourth-order valence-electron chi connectivity index (χ4n) is 1.00. The smallest absolute Gasteiger partial charge is 0.394 e. The molecule has 1 saturated heterocycles. The molecule has 72 valence electrons. The number of halogens is 3. The third-order valence-corrected chi connectivity index (χ3v) is 1.63. The lowest BCUT2D eigenvalue weighted by atomic mass is 10.2. The van der Waals surface area contributed by atoms with E-state index < -0.39 is 18.4 Å². The molecule has 0 aliphatic carbocycles. The minimum absolute atomic E-state index is 0.236. The van der Waals surface area contributed by atoms with Crippen LogP contribution in [0.25, 0.3) is 0 Å². The molecule has 1 fully saturated rings. The van der Waals surface area contributed by atoms with Crippen LogP contribution in [0.5, 0.6) is 0 Å². The number of aliphatic hydroxyl groups excluding tert-OH is 1. The second-order valence-electron chi connectivity index (χ2n) is 2.63. The number of morpholine rings is 1. The summed E-state index contributed by atoms with van der Waals surface area (Å²) < 4.78 is 40.6. The molecule has 2 atom stereocenters. The van der Waals surface area contributed by atoms with Gasteiger partial charge in [0.25, 0.3) is 0 Å². The van der Waals surface area contributed by atoms with Crippen molar-refractivity contribution in [3.8, 4) is 0 Å². The minimum Gasteiger partial charge on any atom is -0.394 e. The van der Waals surface area contributed by atoms with Crippen LogP contribution in [0.3, 0.4) is 0 Å². The Kier molecular flexibility index (Phi) is 2.92. The third-order valence-electron chi connectivity index (χ3n) is 1.63. The quantitative estimate of drug-likeness (QED) is 0.599. The zero-order valence-electron chi connectivity index (χ0n) is 6.27. The average Bonchev–Trinajstić information content (AvgIpc) is 2.03. The summed E-state index contributed by atoms with van der Waals surface area (Å²) >= 11 is 0. The largest absolute Gasteiger partial charge is 0.415 e. The molecule has 6 heteroatoms. The second kappa shape index (κ2) is 3.59. The van der Waals surface area contributed by atoms with Crippen LogP contribution in [0, 0.1) is 0 Å². The number of nitrogens with one attached hydrogen (secondary N) is 1. The molecule has 12 heavy (non-hydrogen) atoms. The first kappa shape index (κ1) is 9.76. The summed E-state index contributed by atoms with van der Waals surface area (Å²) in [5, 5.41) is 11.1. The Balaban J connectivity index is 2.46. The van der Waals surface area contributed by atoms with Gasteiger partial charge in [0.2, 0.25) is 0 Å². The minimum atomic E-state index is -4.35. The van der Waals surface area contributed by atoms with E-state index in [9.17, 15) is 13.2 Å².